The number of nitrogens with one attached hydrogen (secondary N) is 2. The van der Waals surface area contributed by atoms with E-state index in [9.17, 15) is 14.4 Å². The molecule has 0 radical (unpaired) electrons. The average molecular weight is 333 g/mol. The highest BCUT2D eigenvalue weighted by Gasteiger charge is 2.09. The van der Waals surface area contributed by atoms with Crippen molar-refractivity contribution in [2.75, 3.05) is 6.61 Å². The molecule has 118 valence electrons. The summed E-state index contributed by atoms with van der Waals surface area (Å²) >= 11 is 5.73. The minimum atomic E-state index is -0.562. The number of hydrogen-bond donors (Lipinski definition) is 2. The quantitative estimate of drug-likeness (QED) is 0.648. The molecular formula is C16H13ClN2O4. The van der Waals surface area contributed by atoms with E-state index < -0.39 is 11.8 Å². The fourth-order valence-electron chi connectivity index (χ4n) is 1.69. The topological polar surface area (TPSA) is 84.5 Å². The van der Waals surface area contributed by atoms with Gasteiger partial charge in [-0.1, -0.05) is 23.7 Å². The molecule has 0 heterocycles. The van der Waals surface area contributed by atoms with Gasteiger partial charge < -0.3 is 4.74 Å². The Bertz CT molecular complexity index is 716. The van der Waals surface area contributed by atoms with Gasteiger partial charge in [-0.3, -0.25) is 25.2 Å². The largest absolute Gasteiger partial charge is 0.483 e. The molecule has 0 aromatic heterocycles. The third-order valence-corrected chi connectivity index (χ3v) is 3.08. The number of ether oxygens (including phenoxy) is 1. The van der Waals surface area contributed by atoms with Crippen molar-refractivity contribution in [1.29, 1.82) is 0 Å². The molecule has 0 aliphatic heterocycles. The molecule has 7 heteroatoms. The van der Waals surface area contributed by atoms with Gasteiger partial charge in [-0.05, 0) is 36.4 Å². The smallest absolute Gasteiger partial charge is 0.276 e. The normalized spacial score (nSPS) is 9.78. The molecule has 2 N–H and O–H groups in total. The highest BCUT2D eigenvalue weighted by atomic mass is 35.5. The molecule has 2 aromatic carbocycles. The fourth-order valence-corrected chi connectivity index (χ4v) is 1.81. The Balaban J connectivity index is 1.82. The Morgan fingerprint density at radius 3 is 2.43 bits per heavy atom. The van der Waals surface area contributed by atoms with E-state index in [1.807, 2.05) is 0 Å². The van der Waals surface area contributed by atoms with Crippen molar-refractivity contribution in [3.05, 3.63) is 64.7 Å². The number of hydrazine groups is 1. The van der Waals surface area contributed by atoms with E-state index in [-0.39, 0.29) is 6.61 Å². The lowest BCUT2D eigenvalue weighted by atomic mass is 10.2. The first-order chi connectivity index (χ1) is 11.1. The van der Waals surface area contributed by atoms with Crippen molar-refractivity contribution in [1.82, 2.24) is 10.9 Å². The molecule has 0 atom stereocenters. The second kappa shape index (κ2) is 7.95. The zero-order valence-electron chi connectivity index (χ0n) is 11.9. The van der Waals surface area contributed by atoms with Gasteiger partial charge in [0.2, 0.25) is 0 Å². The molecule has 0 aliphatic carbocycles. The molecule has 2 rings (SSSR count). The van der Waals surface area contributed by atoms with E-state index in [0.717, 1.165) is 0 Å². The third-order valence-electron chi connectivity index (χ3n) is 2.83. The summed E-state index contributed by atoms with van der Waals surface area (Å²) in [5, 5.41) is 0.507. The van der Waals surface area contributed by atoms with E-state index in [4.69, 9.17) is 16.3 Å². The van der Waals surface area contributed by atoms with Crippen LogP contribution in [0.4, 0.5) is 0 Å². The first-order valence-corrected chi connectivity index (χ1v) is 6.99. The summed E-state index contributed by atoms with van der Waals surface area (Å²) in [5.41, 5.74) is 5.16. The van der Waals surface area contributed by atoms with E-state index in [1.54, 1.807) is 36.4 Å². The predicted octanol–water partition coefficient (Wildman–Crippen LogP) is 1.99. The molecule has 6 nitrogen and oxygen atoms in total. The maximum atomic E-state index is 11.8. The average Bonchev–Trinajstić information content (AvgIpc) is 2.58. The number of carbonyl (C=O) groups is 3. The van der Waals surface area contributed by atoms with Gasteiger partial charge in [0.05, 0.1) is 5.56 Å². The molecule has 2 aromatic rings. The van der Waals surface area contributed by atoms with Crippen molar-refractivity contribution in [2.24, 2.45) is 0 Å². The van der Waals surface area contributed by atoms with Crippen LogP contribution in [0.25, 0.3) is 0 Å². The van der Waals surface area contributed by atoms with Gasteiger partial charge in [0.25, 0.3) is 11.8 Å². The van der Waals surface area contributed by atoms with Crippen LogP contribution in [0, 0.1) is 0 Å². The van der Waals surface area contributed by atoms with Crippen LogP contribution in [0.1, 0.15) is 20.7 Å². The second-order valence-electron chi connectivity index (χ2n) is 4.45. The lowest BCUT2D eigenvalue weighted by Crippen LogP contribution is -2.43. The zero-order valence-corrected chi connectivity index (χ0v) is 12.7. The van der Waals surface area contributed by atoms with Crippen LogP contribution in [0.2, 0.25) is 5.02 Å². The summed E-state index contributed by atoms with van der Waals surface area (Å²) in [6.07, 6.45) is 0.634. The lowest BCUT2D eigenvalue weighted by Gasteiger charge is -2.10. The Hall–Kier alpha value is -2.86. The van der Waals surface area contributed by atoms with E-state index in [1.165, 1.54) is 12.1 Å². The molecule has 2 amide bonds. The SMILES string of the molecule is O=Cc1ccccc1OCC(=O)NNC(=O)c1ccc(Cl)cc1. The van der Waals surface area contributed by atoms with E-state index >= 15 is 0 Å². The number of para-hydroxylation sites is 1. The van der Waals surface area contributed by atoms with E-state index in [2.05, 4.69) is 10.9 Å². The van der Waals surface area contributed by atoms with Crippen LogP contribution in [0.15, 0.2) is 48.5 Å². The molecule has 0 saturated carbocycles. The van der Waals surface area contributed by atoms with Crippen molar-refractivity contribution in [3.63, 3.8) is 0 Å². The Morgan fingerprint density at radius 1 is 1.04 bits per heavy atom. The second-order valence-corrected chi connectivity index (χ2v) is 4.89. The van der Waals surface area contributed by atoms with Crippen LogP contribution in [-0.2, 0) is 4.79 Å². The summed E-state index contributed by atoms with van der Waals surface area (Å²) in [7, 11) is 0. The number of rotatable bonds is 5. The van der Waals surface area contributed by atoms with Gasteiger partial charge in [0.1, 0.15) is 5.75 Å². The summed E-state index contributed by atoms with van der Waals surface area (Å²) in [6, 6.07) is 12.7. The molecule has 0 spiro atoms. The highest BCUT2D eigenvalue weighted by Crippen LogP contribution is 2.15. The molecule has 0 fully saturated rings. The molecular weight excluding hydrogens is 320 g/mol. The lowest BCUT2D eigenvalue weighted by molar-refractivity contribution is -0.123. The number of amides is 2. The van der Waals surface area contributed by atoms with Crippen LogP contribution in [0.5, 0.6) is 5.75 Å². The summed E-state index contributed by atoms with van der Waals surface area (Å²) in [4.78, 5) is 34.2. The van der Waals surface area contributed by atoms with Gasteiger partial charge >= 0.3 is 0 Å². The third kappa shape index (κ3) is 4.82. The van der Waals surface area contributed by atoms with Gasteiger partial charge in [0, 0.05) is 10.6 Å². The zero-order chi connectivity index (χ0) is 16.7. The predicted molar refractivity (Wildman–Crippen MR) is 84.4 cm³/mol. The van der Waals surface area contributed by atoms with Crippen molar-refractivity contribution < 1.29 is 19.1 Å². The molecule has 0 saturated heterocycles. The van der Waals surface area contributed by atoms with Crippen LogP contribution >= 0.6 is 11.6 Å². The van der Waals surface area contributed by atoms with Crippen molar-refractivity contribution in [2.45, 2.75) is 0 Å². The van der Waals surface area contributed by atoms with Crippen molar-refractivity contribution >= 4 is 29.7 Å². The van der Waals surface area contributed by atoms with Crippen LogP contribution in [-0.4, -0.2) is 24.7 Å². The summed E-state index contributed by atoms with van der Waals surface area (Å²) < 4.78 is 5.23. The molecule has 0 unspecified atom stereocenters. The standard InChI is InChI=1S/C16H13ClN2O4/c17-13-7-5-11(6-8-13)16(22)19-18-15(21)10-23-14-4-2-1-3-12(14)9-20/h1-9H,10H2,(H,18,21)(H,19,22). The van der Waals surface area contributed by atoms with E-state index in [0.29, 0.717) is 28.2 Å². The first-order valence-electron chi connectivity index (χ1n) is 6.62. The monoisotopic (exact) mass is 332 g/mol. The van der Waals surface area contributed by atoms with Gasteiger partial charge in [0.15, 0.2) is 12.9 Å². The maximum Gasteiger partial charge on any atom is 0.276 e. The highest BCUT2D eigenvalue weighted by molar-refractivity contribution is 6.30. The van der Waals surface area contributed by atoms with Crippen LogP contribution in [0.3, 0.4) is 0 Å². The Kier molecular flexibility index (Phi) is 5.71. The number of halogens is 1. The number of benzene rings is 2. The number of carbonyl (C=O) groups excluding carboxylic acids is 3. The first kappa shape index (κ1) is 16.5. The number of aldehydes is 1. The van der Waals surface area contributed by atoms with Crippen molar-refractivity contribution in [3.8, 4) is 5.75 Å². The Labute approximate surface area is 137 Å². The van der Waals surface area contributed by atoms with Gasteiger partial charge in [-0.2, -0.15) is 0 Å². The minimum absolute atomic E-state index is 0.293. The van der Waals surface area contributed by atoms with Gasteiger partial charge in [-0.15, -0.1) is 0 Å². The maximum absolute atomic E-state index is 11.8. The molecule has 0 bridgehead atoms. The fraction of sp³-hybridized carbons (Fsp3) is 0.0625. The number of hydrogen-bond acceptors (Lipinski definition) is 4. The van der Waals surface area contributed by atoms with Gasteiger partial charge in [-0.25, -0.2) is 0 Å². The Morgan fingerprint density at radius 2 is 1.74 bits per heavy atom. The minimum Gasteiger partial charge on any atom is -0.483 e. The molecule has 0 aliphatic rings. The molecule has 23 heavy (non-hydrogen) atoms. The summed E-state index contributed by atoms with van der Waals surface area (Å²) in [6.45, 7) is -0.342. The van der Waals surface area contributed by atoms with Crippen LogP contribution < -0.4 is 15.6 Å². The summed E-state index contributed by atoms with van der Waals surface area (Å²) in [5.74, 6) is -0.752.